The fourth-order valence-corrected chi connectivity index (χ4v) is 3.28. The van der Waals surface area contributed by atoms with E-state index in [9.17, 15) is 5.11 Å². The van der Waals surface area contributed by atoms with Crippen LogP contribution in [0.15, 0.2) is 0 Å². The molecule has 2 aliphatic rings. The predicted molar refractivity (Wildman–Crippen MR) is 68.6 cm³/mol. The Balaban J connectivity index is 1.55. The summed E-state index contributed by atoms with van der Waals surface area (Å²) in [4.78, 5) is 0. The van der Waals surface area contributed by atoms with Gasteiger partial charge in [-0.25, -0.2) is 0 Å². The summed E-state index contributed by atoms with van der Waals surface area (Å²) in [5.41, 5.74) is 0.108. The van der Waals surface area contributed by atoms with Crippen molar-refractivity contribution in [2.75, 3.05) is 33.5 Å². The lowest BCUT2D eigenvalue weighted by Crippen LogP contribution is -2.56. The van der Waals surface area contributed by atoms with E-state index in [1.807, 2.05) is 0 Å². The van der Waals surface area contributed by atoms with Gasteiger partial charge >= 0.3 is 0 Å². The normalized spacial score (nSPS) is 29.7. The number of rotatable bonds is 8. The summed E-state index contributed by atoms with van der Waals surface area (Å²) in [6.07, 6.45) is 6.69. The van der Waals surface area contributed by atoms with Gasteiger partial charge in [0.15, 0.2) is 0 Å². The summed E-state index contributed by atoms with van der Waals surface area (Å²) in [7, 11) is 1.68. The van der Waals surface area contributed by atoms with Crippen molar-refractivity contribution in [3.8, 4) is 0 Å². The van der Waals surface area contributed by atoms with Crippen LogP contribution in [0.3, 0.4) is 0 Å². The fraction of sp³-hybridized carbons (Fsp3) is 1.00. The molecule has 2 unspecified atom stereocenters. The first-order chi connectivity index (χ1) is 8.79. The number of hydrogen-bond acceptors (Lipinski definition) is 4. The maximum Gasteiger partial charge on any atom is 0.0700 e. The Kier molecular flexibility index (Phi) is 5.42. The Morgan fingerprint density at radius 1 is 1.11 bits per heavy atom. The van der Waals surface area contributed by atoms with Crippen molar-refractivity contribution < 1.29 is 19.3 Å². The number of methoxy groups -OCH3 is 1. The van der Waals surface area contributed by atoms with E-state index < -0.39 is 0 Å². The van der Waals surface area contributed by atoms with E-state index in [4.69, 9.17) is 14.2 Å². The molecule has 0 heterocycles. The van der Waals surface area contributed by atoms with Crippen LogP contribution in [0.2, 0.25) is 0 Å². The molecule has 2 fully saturated rings. The molecule has 2 rings (SSSR count). The summed E-state index contributed by atoms with van der Waals surface area (Å²) in [5.74, 6) is 0. The van der Waals surface area contributed by atoms with Gasteiger partial charge in [0, 0.05) is 32.2 Å². The maximum absolute atomic E-state index is 9.95. The van der Waals surface area contributed by atoms with E-state index in [0.717, 1.165) is 38.9 Å². The Labute approximate surface area is 110 Å². The van der Waals surface area contributed by atoms with E-state index in [0.29, 0.717) is 13.2 Å². The van der Waals surface area contributed by atoms with Crippen LogP contribution >= 0.6 is 0 Å². The van der Waals surface area contributed by atoms with Gasteiger partial charge in [-0.1, -0.05) is 12.8 Å². The van der Waals surface area contributed by atoms with Gasteiger partial charge in [-0.3, -0.25) is 0 Å². The monoisotopic (exact) mass is 258 g/mol. The standard InChI is InChI=1S/C14H26O4/c1-16-9-10-17-7-4-8-18-13-11-12(15)14(13)5-2-3-6-14/h12-13,15H,2-11H2,1H3. The Bertz CT molecular complexity index is 238. The molecule has 2 aliphatic carbocycles. The molecule has 2 atom stereocenters. The molecule has 0 radical (unpaired) electrons. The van der Waals surface area contributed by atoms with Gasteiger partial charge in [0.05, 0.1) is 25.4 Å². The first kappa shape index (κ1) is 14.3. The highest BCUT2D eigenvalue weighted by Crippen LogP contribution is 2.54. The SMILES string of the molecule is COCCOCCCOC1CC(O)C12CCCC2. The highest BCUT2D eigenvalue weighted by molar-refractivity contribution is 5.06. The van der Waals surface area contributed by atoms with E-state index in [1.165, 1.54) is 12.8 Å². The molecule has 4 heteroatoms. The van der Waals surface area contributed by atoms with E-state index in [2.05, 4.69) is 0 Å². The highest BCUT2D eigenvalue weighted by atomic mass is 16.5. The number of aliphatic hydroxyl groups excluding tert-OH is 1. The van der Waals surface area contributed by atoms with Gasteiger partial charge in [-0.2, -0.15) is 0 Å². The molecule has 4 nitrogen and oxygen atoms in total. The van der Waals surface area contributed by atoms with Crippen LogP contribution in [-0.4, -0.2) is 50.9 Å². The van der Waals surface area contributed by atoms with E-state index in [1.54, 1.807) is 7.11 Å². The van der Waals surface area contributed by atoms with Gasteiger partial charge in [-0.05, 0) is 19.3 Å². The van der Waals surface area contributed by atoms with Crippen molar-refractivity contribution in [2.45, 2.75) is 50.7 Å². The lowest BCUT2D eigenvalue weighted by Gasteiger charge is -2.51. The zero-order valence-corrected chi connectivity index (χ0v) is 11.4. The van der Waals surface area contributed by atoms with Crippen LogP contribution in [0, 0.1) is 5.41 Å². The van der Waals surface area contributed by atoms with Crippen LogP contribution in [-0.2, 0) is 14.2 Å². The molecule has 2 saturated carbocycles. The zero-order valence-electron chi connectivity index (χ0n) is 11.4. The summed E-state index contributed by atoms with van der Waals surface area (Å²) < 4.78 is 16.2. The van der Waals surface area contributed by atoms with Gasteiger partial charge in [0.1, 0.15) is 0 Å². The largest absolute Gasteiger partial charge is 0.392 e. The molecule has 0 saturated heterocycles. The smallest absolute Gasteiger partial charge is 0.0700 e. The van der Waals surface area contributed by atoms with Crippen LogP contribution in [0.4, 0.5) is 0 Å². The molecular formula is C14H26O4. The van der Waals surface area contributed by atoms with Gasteiger partial charge < -0.3 is 19.3 Å². The highest BCUT2D eigenvalue weighted by Gasteiger charge is 2.56. The molecule has 0 aromatic heterocycles. The third-order valence-electron chi connectivity index (χ3n) is 4.46. The average molecular weight is 258 g/mol. The first-order valence-electron chi connectivity index (χ1n) is 7.16. The van der Waals surface area contributed by atoms with Crippen LogP contribution in [0.5, 0.6) is 0 Å². The van der Waals surface area contributed by atoms with Crippen LogP contribution < -0.4 is 0 Å². The van der Waals surface area contributed by atoms with Crippen molar-refractivity contribution in [1.29, 1.82) is 0 Å². The first-order valence-corrected chi connectivity index (χ1v) is 7.16. The van der Waals surface area contributed by atoms with Crippen molar-refractivity contribution in [3.63, 3.8) is 0 Å². The predicted octanol–water partition coefficient (Wildman–Crippen LogP) is 1.75. The maximum atomic E-state index is 9.95. The van der Waals surface area contributed by atoms with Crippen LogP contribution in [0.1, 0.15) is 38.5 Å². The minimum Gasteiger partial charge on any atom is -0.392 e. The average Bonchev–Trinajstić information content (AvgIpc) is 2.88. The van der Waals surface area contributed by atoms with Crippen molar-refractivity contribution in [2.24, 2.45) is 5.41 Å². The van der Waals surface area contributed by atoms with Crippen molar-refractivity contribution in [3.05, 3.63) is 0 Å². The van der Waals surface area contributed by atoms with Gasteiger partial charge in [-0.15, -0.1) is 0 Å². The molecule has 0 aromatic carbocycles. The molecule has 106 valence electrons. The van der Waals surface area contributed by atoms with E-state index >= 15 is 0 Å². The second-order valence-electron chi connectivity index (χ2n) is 5.51. The number of ether oxygens (including phenoxy) is 3. The third kappa shape index (κ3) is 3.05. The summed E-state index contributed by atoms with van der Waals surface area (Å²) in [6, 6.07) is 0. The molecule has 0 aliphatic heterocycles. The quantitative estimate of drug-likeness (QED) is 0.674. The van der Waals surface area contributed by atoms with E-state index in [-0.39, 0.29) is 17.6 Å². The van der Waals surface area contributed by atoms with Crippen molar-refractivity contribution in [1.82, 2.24) is 0 Å². The molecule has 0 aromatic rings. The Hall–Kier alpha value is -0.160. The van der Waals surface area contributed by atoms with Gasteiger partial charge in [0.2, 0.25) is 0 Å². The lowest BCUT2D eigenvalue weighted by molar-refractivity contribution is -0.190. The van der Waals surface area contributed by atoms with Crippen LogP contribution in [0.25, 0.3) is 0 Å². The summed E-state index contributed by atoms with van der Waals surface area (Å²) >= 11 is 0. The minimum atomic E-state index is -0.122. The fourth-order valence-electron chi connectivity index (χ4n) is 3.28. The van der Waals surface area contributed by atoms with Gasteiger partial charge in [0.25, 0.3) is 0 Å². The summed E-state index contributed by atoms with van der Waals surface area (Å²) in [6.45, 7) is 2.78. The van der Waals surface area contributed by atoms with Crippen molar-refractivity contribution >= 4 is 0 Å². The Morgan fingerprint density at radius 2 is 1.89 bits per heavy atom. The topological polar surface area (TPSA) is 47.9 Å². The molecule has 0 amide bonds. The lowest BCUT2D eigenvalue weighted by atomic mass is 9.62. The minimum absolute atomic E-state index is 0.108. The Morgan fingerprint density at radius 3 is 2.56 bits per heavy atom. The second-order valence-corrected chi connectivity index (χ2v) is 5.51. The third-order valence-corrected chi connectivity index (χ3v) is 4.46. The number of aliphatic hydroxyl groups is 1. The molecular weight excluding hydrogens is 232 g/mol. The summed E-state index contributed by atoms with van der Waals surface area (Å²) in [5, 5.41) is 9.95. The number of hydrogen-bond donors (Lipinski definition) is 1. The molecule has 1 spiro atoms. The molecule has 0 bridgehead atoms. The second kappa shape index (κ2) is 6.85. The molecule has 18 heavy (non-hydrogen) atoms. The zero-order chi connectivity index (χ0) is 12.8. The molecule has 1 N–H and O–H groups in total.